The summed E-state index contributed by atoms with van der Waals surface area (Å²) < 4.78 is 0. The molecule has 1 saturated carbocycles. The summed E-state index contributed by atoms with van der Waals surface area (Å²) in [6, 6.07) is 0. The fourth-order valence-corrected chi connectivity index (χ4v) is 3.75. The lowest BCUT2D eigenvalue weighted by atomic mass is 9.94. The molecule has 0 amide bonds. The van der Waals surface area contributed by atoms with Gasteiger partial charge in [0.15, 0.2) is 11.7 Å². The van der Waals surface area contributed by atoms with Gasteiger partial charge in [0.2, 0.25) is 0 Å². The van der Waals surface area contributed by atoms with Crippen molar-refractivity contribution in [3.63, 3.8) is 0 Å². The number of aliphatic carboxylic acids is 1. The van der Waals surface area contributed by atoms with Crippen molar-refractivity contribution in [1.29, 1.82) is 0 Å². The maximum absolute atomic E-state index is 13.0. The lowest BCUT2D eigenvalue weighted by Crippen LogP contribution is -2.43. The van der Waals surface area contributed by atoms with Gasteiger partial charge in [0.1, 0.15) is 5.54 Å². The van der Waals surface area contributed by atoms with E-state index in [2.05, 4.69) is 13.5 Å². The van der Waals surface area contributed by atoms with Crippen molar-refractivity contribution in [2.45, 2.75) is 38.1 Å². The zero-order chi connectivity index (χ0) is 15.2. The highest BCUT2D eigenvalue weighted by Crippen LogP contribution is 2.54. The highest BCUT2D eigenvalue weighted by Gasteiger charge is 2.63. The summed E-state index contributed by atoms with van der Waals surface area (Å²) in [5.41, 5.74) is 0.932. The van der Waals surface area contributed by atoms with E-state index in [0.29, 0.717) is 18.7 Å². The van der Waals surface area contributed by atoms with Crippen LogP contribution in [0.5, 0.6) is 0 Å². The second-order valence-corrected chi connectivity index (χ2v) is 6.34. The van der Waals surface area contributed by atoms with Crippen molar-refractivity contribution >= 4 is 11.8 Å². The number of likely N-dealkylation sites (tertiary alicyclic amines) is 1. The molecular weight excluding hydrogens is 266 g/mol. The van der Waals surface area contributed by atoms with Gasteiger partial charge in [0.25, 0.3) is 0 Å². The molecule has 1 aliphatic heterocycles. The number of carboxylic acid groups (broad SMARTS) is 1. The van der Waals surface area contributed by atoms with Crippen LogP contribution in [0, 0.1) is 11.8 Å². The number of carbonyl (C=O) groups is 1. The number of ketones is 1. The fraction of sp³-hybridized carbons (Fsp3) is 0.529. The van der Waals surface area contributed by atoms with Gasteiger partial charge in [0, 0.05) is 17.8 Å². The van der Waals surface area contributed by atoms with E-state index in [0.717, 1.165) is 24.8 Å². The predicted molar refractivity (Wildman–Crippen MR) is 81.5 cm³/mol. The second-order valence-electron chi connectivity index (χ2n) is 6.34. The Morgan fingerprint density at radius 1 is 1.52 bits per heavy atom. The van der Waals surface area contributed by atoms with Crippen molar-refractivity contribution in [3.05, 3.63) is 36.1 Å². The Hall–Kier alpha value is -1.84. The first kappa shape index (κ1) is 14.1. The minimum absolute atomic E-state index is 0.158. The van der Waals surface area contributed by atoms with Crippen LogP contribution in [0.25, 0.3) is 0 Å². The third kappa shape index (κ3) is 2.04. The van der Waals surface area contributed by atoms with Gasteiger partial charge in [-0.2, -0.15) is 0 Å². The molecule has 0 aromatic rings. The molecule has 3 rings (SSSR count). The monoisotopic (exact) mass is 288 g/mol. The standard InChI is InChI=1S/C17H21NO3/c1-11-10-17(11,15(19)13-6-4-3-5-7-13)18-9-8-14(12(18)2)16(20)21/h4,6-7,11,14H,2-3,5,8-10H2,1H3,(H,20,21)/p+1. The van der Waals surface area contributed by atoms with E-state index < -0.39 is 17.4 Å². The second kappa shape index (κ2) is 4.86. The third-order valence-electron chi connectivity index (χ3n) is 5.11. The Labute approximate surface area is 124 Å². The number of carbonyl (C=O) groups excluding carboxylic acids is 1. The summed E-state index contributed by atoms with van der Waals surface area (Å²) in [6.45, 7) is 6.73. The van der Waals surface area contributed by atoms with Gasteiger partial charge in [-0.3, -0.25) is 4.79 Å². The first-order valence-electron chi connectivity index (χ1n) is 7.61. The molecule has 1 heterocycles. The van der Waals surface area contributed by atoms with Crippen LogP contribution in [0.15, 0.2) is 36.1 Å². The molecule has 0 aromatic carbocycles. The van der Waals surface area contributed by atoms with Gasteiger partial charge in [0.05, 0.1) is 0 Å². The Morgan fingerprint density at radius 3 is 2.71 bits per heavy atom. The van der Waals surface area contributed by atoms with Crippen LogP contribution in [-0.2, 0) is 4.79 Å². The summed E-state index contributed by atoms with van der Waals surface area (Å²) in [6.07, 6.45) is 9.31. The smallest absolute Gasteiger partial charge is 0.361 e. The molecule has 0 radical (unpaired) electrons. The topological polar surface area (TPSA) is 61.9 Å². The molecule has 1 saturated heterocycles. The summed E-state index contributed by atoms with van der Waals surface area (Å²) >= 11 is 0. The molecule has 3 aliphatic rings. The molecule has 4 nitrogen and oxygen atoms in total. The predicted octanol–water partition coefficient (Wildman–Crippen LogP) is 2.51. The number of nitrogens with zero attached hydrogens (tertiary/aromatic N) is 1. The van der Waals surface area contributed by atoms with Crippen LogP contribution in [0.3, 0.4) is 0 Å². The van der Waals surface area contributed by atoms with Crippen LogP contribution in [0.4, 0.5) is 0 Å². The zero-order valence-corrected chi connectivity index (χ0v) is 12.4. The SMILES string of the molecule is C=C1C(C(O)=[OH+])CCN1C1(C(=O)C2=CCCC=C2)CC1C. The molecule has 4 heteroatoms. The Kier molecular flexibility index (Phi) is 3.27. The first-order chi connectivity index (χ1) is 9.98. The molecule has 3 atom stereocenters. The number of rotatable bonds is 4. The van der Waals surface area contributed by atoms with Crippen molar-refractivity contribution in [1.82, 2.24) is 4.90 Å². The van der Waals surface area contributed by atoms with Crippen LogP contribution >= 0.6 is 0 Å². The largest absolute Gasteiger partial charge is 0.489 e. The highest BCUT2D eigenvalue weighted by molar-refractivity contribution is 6.07. The minimum atomic E-state index is -0.588. The fourth-order valence-electron chi connectivity index (χ4n) is 3.75. The molecule has 2 aliphatic carbocycles. The number of Topliss-reactive ketones (excluding diaryl/α,β-unsaturated/α-hetero) is 1. The van der Waals surface area contributed by atoms with Crippen LogP contribution < -0.4 is 0 Å². The quantitative estimate of drug-likeness (QED) is 0.808. The lowest BCUT2D eigenvalue weighted by molar-refractivity contribution is -0.121. The third-order valence-corrected chi connectivity index (χ3v) is 5.11. The Morgan fingerprint density at radius 2 is 2.24 bits per heavy atom. The number of hydrogen-bond acceptors (Lipinski definition) is 2. The van der Waals surface area contributed by atoms with Gasteiger partial charge in [-0.15, -0.1) is 0 Å². The van der Waals surface area contributed by atoms with Crippen LogP contribution in [0.2, 0.25) is 0 Å². The first-order valence-corrected chi connectivity index (χ1v) is 7.61. The van der Waals surface area contributed by atoms with Gasteiger partial charge in [-0.25, -0.2) is 0 Å². The molecule has 0 spiro atoms. The summed E-state index contributed by atoms with van der Waals surface area (Å²) in [5.74, 6) is -0.587. The van der Waals surface area contributed by atoms with E-state index in [4.69, 9.17) is 0 Å². The van der Waals surface area contributed by atoms with Crippen molar-refractivity contribution in [2.24, 2.45) is 11.8 Å². The molecule has 2 fully saturated rings. The van der Waals surface area contributed by atoms with Crippen molar-refractivity contribution < 1.29 is 14.7 Å². The number of hydrogen-bond donors (Lipinski definition) is 1. The van der Waals surface area contributed by atoms with E-state index in [9.17, 15) is 14.7 Å². The van der Waals surface area contributed by atoms with Crippen molar-refractivity contribution in [3.8, 4) is 0 Å². The minimum Gasteiger partial charge on any atom is -0.361 e. The molecule has 112 valence electrons. The van der Waals surface area contributed by atoms with Crippen LogP contribution in [0.1, 0.15) is 32.6 Å². The van der Waals surface area contributed by atoms with E-state index in [-0.39, 0.29) is 11.7 Å². The van der Waals surface area contributed by atoms with Crippen LogP contribution in [-0.4, -0.2) is 38.6 Å². The summed E-state index contributed by atoms with van der Waals surface area (Å²) in [4.78, 5) is 24.3. The van der Waals surface area contributed by atoms with E-state index in [1.54, 1.807) is 0 Å². The highest BCUT2D eigenvalue weighted by atomic mass is 16.4. The summed E-state index contributed by atoms with van der Waals surface area (Å²) in [7, 11) is 0. The van der Waals surface area contributed by atoms with Gasteiger partial charge >= 0.3 is 5.97 Å². The number of allylic oxidation sites excluding steroid dienone is 3. The molecular formula is C17H22NO3+. The zero-order valence-electron chi connectivity index (χ0n) is 12.4. The maximum Gasteiger partial charge on any atom is 0.489 e. The van der Waals surface area contributed by atoms with Crippen molar-refractivity contribution in [2.75, 3.05) is 6.54 Å². The average Bonchev–Trinajstić information content (AvgIpc) is 2.98. The van der Waals surface area contributed by atoms with E-state index >= 15 is 0 Å². The number of aliphatic hydroxyl groups excluding tert-OH is 1. The van der Waals surface area contributed by atoms with Gasteiger partial charge < -0.3 is 14.8 Å². The van der Waals surface area contributed by atoms with Gasteiger partial charge in [-0.05, 0) is 31.6 Å². The van der Waals surface area contributed by atoms with E-state index in [1.807, 2.05) is 23.1 Å². The summed E-state index contributed by atoms with van der Waals surface area (Å²) in [5, 5.41) is 9.36. The number of carboxylic acids is 1. The van der Waals surface area contributed by atoms with E-state index in [1.165, 1.54) is 0 Å². The molecule has 0 aromatic heterocycles. The Bertz CT molecular complexity index is 575. The molecule has 3 unspecified atom stereocenters. The normalized spacial score (nSPS) is 34.8. The molecule has 21 heavy (non-hydrogen) atoms. The maximum atomic E-state index is 13.0. The molecule has 0 bridgehead atoms. The Balaban J connectivity index is 1.87. The molecule has 2 N–H and O–H groups in total. The lowest BCUT2D eigenvalue weighted by Gasteiger charge is -2.31. The average molecular weight is 288 g/mol. The van der Waals surface area contributed by atoms with Gasteiger partial charge in [-0.1, -0.05) is 31.7 Å².